The molecule has 1 fully saturated rings. The maximum atomic E-state index is 5.59. The third kappa shape index (κ3) is 3.17. The summed E-state index contributed by atoms with van der Waals surface area (Å²) in [4.78, 5) is 2.37. The predicted molar refractivity (Wildman–Crippen MR) is 57.6 cm³/mol. The van der Waals surface area contributed by atoms with Crippen LogP contribution in [0.15, 0.2) is 0 Å². The maximum absolute atomic E-state index is 5.59. The van der Waals surface area contributed by atoms with E-state index < -0.39 is 0 Å². The Bertz CT molecular complexity index is 134. The number of nitrogens with zero attached hydrogens (tertiary/aromatic N) is 1. The fourth-order valence-corrected chi connectivity index (χ4v) is 1.79. The Labute approximate surface area is 83.8 Å². The summed E-state index contributed by atoms with van der Waals surface area (Å²) in [6.07, 6.45) is 2.59. The zero-order valence-electron chi connectivity index (χ0n) is 7.69. The highest BCUT2D eigenvalue weighted by molar-refractivity contribution is 8.68. The lowest BCUT2D eigenvalue weighted by atomic mass is 10.2. The Kier molecular flexibility index (Phi) is 4.79. The SMILES string of the molecule is CC(OC[C@@H]1CCCN1C)SS. The molecule has 0 radical (unpaired) electrons. The van der Waals surface area contributed by atoms with Crippen LogP contribution in [-0.2, 0) is 4.74 Å². The molecular weight excluding hydrogens is 190 g/mol. The molecule has 1 heterocycles. The smallest absolute Gasteiger partial charge is 0.110 e. The summed E-state index contributed by atoms with van der Waals surface area (Å²) < 4.78 is 5.59. The van der Waals surface area contributed by atoms with Crippen LogP contribution in [0.2, 0.25) is 0 Å². The first-order chi connectivity index (χ1) is 5.74. The molecule has 12 heavy (non-hydrogen) atoms. The van der Waals surface area contributed by atoms with E-state index >= 15 is 0 Å². The molecule has 1 rings (SSSR count). The van der Waals surface area contributed by atoms with Crippen LogP contribution < -0.4 is 0 Å². The highest BCUT2D eigenvalue weighted by atomic mass is 33.1. The van der Waals surface area contributed by atoms with Gasteiger partial charge in [-0.2, -0.15) is 0 Å². The molecule has 0 amide bonds. The van der Waals surface area contributed by atoms with Gasteiger partial charge < -0.3 is 9.64 Å². The van der Waals surface area contributed by atoms with Crippen molar-refractivity contribution in [1.82, 2.24) is 4.90 Å². The summed E-state index contributed by atoms with van der Waals surface area (Å²) in [5, 5.41) is 0. The highest BCUT2D eigenvalue weighted by Crippen LogP contribution is 2.19. The lowest BCUT2D eigenvalue weighted by molar-refractivity contribution is 0.0784. The van der Waals surface area contributed by atoms with Crippen molar-refractivity contribution in [2.75, 3.05) is 20.2 Å². The van der Waals surface area contributed by atoms with Crippen LogP contribution in [0.4, 0.5) is 0 Å². The van der Waals surface area contributed by atoms with E-state index in [0.717, 1.165) is 6.61 Å². The zero-order valence-corrected chi connectivity index (χ0v) is 9.40. The second-order valence-electron chi connectivity index (χ2n) is 3.28. The molecule has 72 valence electrons. The van der Waals surface area contributed by atoms with E-state index in [1.165, 1.54) is 30.2 Å². The summed E-state index contributed by atoms with van der Waals surface area (Å²) in [6.45, 7) is 4.11. The average molecular weight is 207 g/mol. The second-order valence-corrected chi connectivity index (χ2v) is 4.79. The van der Waals surface area contributed by atoms with Crippen molar-refractivity contribution in [1.29, 1.82) is 0 Å². The van der Waals surface area contributed by atoms with Gasteiger partial charge in [-0.3, -0.25) is 0 Å². The van der Waals surface area contributed by atoms with Gasteiger partial charge in [-0.25, -0.2) is 0 Å². The molecular formula is C8H17NOS2. The van der Waals surface area contributed by atoms with Crippen LogP contribution >= 0.6 is 22.5 Å². The van der Waals surface area contributed by atoms with E-state index in [1.54, 1.807) is 0 Å². The monoisotopic (exact) mass is 207 g/mol. The summed E-state index contributed by atoms with van der Waals surface area (Å²) >= 11 is 4.09. The largest absolute Gasteiger partial charge is 0.365 e. The second kappa shape index (κ2) is 5.37. The Morgan fingerprint density at radius 2 is 2.50 bits per heavy atom. The molecule has 1 unspecified atom stereocenters. The fourth-order valence-electron chi connectivity index (χ4n) is 1.47. The minimum Gasteiger partial charge on any atom is -0.365 e. The Balaban J connectivity index is 2.13. The Morgan fingerprint density at radius 3 is 3.00 bits per heavy atom. The molecule has 0 aromatic heterocycles. The maximum Gasteiger partial charge on any atom is 0.110 e. The van der Waals surface area contributed by atoms with Crippen molar-refractivity contribution >= 4 is 22.5 Å². The Morgan fingerprint density at radius 1 is 1.75 bits per heavy atom. The van der Waals surface area contributed by atoms with E-state index in [-0.39, 0.29) is 5.44 Å². The van der Waals surface area contributed by atoms with Gasteiger partial charge in [0.1, 0.15) is 5.44 Å². The molecule has 1 aliphatic rings. The van der Waals surface area contributed by atoms with Gasteiger partial charge in [-0.05, 0) is 33.4 Å². The minimum absolute atomic E-state index is 0.210. The summed E-state index contributed by atoms with van der Waals surface area (Å²) in [5.41, 5.74) is 0.210. The Hall–Kier alpha value is 0.620. The van der Waals surface area contributed by atoms with Crippen molar-refractivity contribution in [2.24, 2.45) is 0 Å². The van der Waals surface area contributed by atoms with Gasteiger partial charge in [0.05, 0.1) is 6.61 Å². The standard InChI is InChI=1S/C8H17NOS2/c1-7(12-11)10-6-8-4-3-5-9(8)2/h7-8,11H,3-6H2,1-2H3/t7?,8-/m0/s1. The number of thiol groups is 1. The van der Waals surface area contributed by atoms with Crippen LogP contribution in [0.3, 0.4) is 0 Å². The molecule has 0 aliphatic carbocycles. The third-order valence-electron chi connectivity index (χ3n) is 2.34. The molecule has 0 spiro atoms. The van der Waals surface area contributed by atoms with E-state index in [9.17, 15) is 0 Å². The van der Waals surface area contributed by atoms with Crippen molar-refractivity contribution in [3.8, 4) is 0 Å². The number of hydrogen-bond donors (Lipinski definition) is 1. The molecule has 2 nitrogen and oxygen atoms in total. The summed E-state index contributed by atoms with van der Waals surface area (Å²) in [6, 6.07) is 0.632. The molecule has 0 bridgehead atoms. The molecule has 4 heteroatoms. The van der Waals surface area contributed by atoms with Crippen LogP contribution in [0.1, 0.15) is 19.8 Å². The first-order valence-corrected chi connectivity index (χ1v) is 6.29. The summed E-state index contributed by atoms with van der Waals surface area (Å²) in [7, 11) is 3.63. The number of hydrogen-bond acceptors (Lipinski definition) is 4. The van der Waals surface area contributed by atoms with Gasteiger partial charge in [0, 0.05) is 6.04 Å². The van der Waals surface area contributed by atoms with Gasteiger partial charge in [0.2, 0.25) is 0 Å². The van der Waals surface area contributed by atoms with Crippen LogP contribution in [0.25, 0.3) is 0 Å². The van der Waals surface area contributed by atoms with Crippen molar-refractivity contribution in [3.05, 3.63) is 0 Å². The van der Waals surface area contributed by atoms with Crippen molar-refractivity contribution in [3.63, 3.8) is 0 Å². The number of ether oxygens (including phenoxy) is 1. The van der Waals surface area contributed by atoms with E-state index in [0.29, 0.717) is 6.04 Å². The molecule has 1 aliphatic heterocycles. The molecule has 2 atom stereocenters. The molecule has 1 saturated heterocycles. The molecule has 0 aromatic carbocycles. The third-order valence-corrected chi connectivity index (χ3v) is 3.67. The molecule has 0 aromatic rings. The first kappa shape index (κ1) is 10.7. The first-order valence-electron chi connectivity index (χ1n) is 4.36. The van der Waals surface area contributed by atoms with Gasteiger partial charge in [-0.1, -0.05) is 10.8 Å². The van der Waals surface area contributed by atoms with Crippen LogP contribution in [0, 0.1) is 0 Å². The van der Waals surface area contributed by atoms with E-state index in [1.807, 2.05) is 6.92 Å². The average Bonchev–Trinajstić information content (AvgIpc) is 2.47. The van der Waals surface area contributed by atoms with Gasteiger partial charge in [0.15, 0.2) is 0 Å². The van der Waals surface area contributed by atoms with Gasteiger partial charge in [-0.15, -0.1) is 11.7 Å². The predicted octanol–water partition coefficient (Wildman–Crippen LogP) is 2.02. The van der Waals surface area contributed by atoms with Crippen molar-refractivity contribution < 1.29 is 4.74 Å². The van der Waals surface area contributed by atoms with Gasteiger partial charge >= 0.3 is 0 Å². The van der Waals surface area contributed by atoms with Crippen molar-refractivity contribution in [2.45, 2.75) is 31.2 Å². The lowest BCUT2D eigenvalue weighted by Crippen LogP contribution is -2.30. The van der Waals surface area contributed by atoms with Crippen LogP contribution in [0.5, 0.6) is 0 Å². The number of likely N-dealkylation sites (tertiary alicyclic amines) is 1. The van der Waals surface area contributed by atoms with E-state index in [2.05, 4.69) is 23.6 Å². The van der Waals surface area contributed by atoms with Gasteiger partial charge in [0.25, 0.3) is 0 Å². The quantitative estimate of drug-likeness (QED) is 0.430. The summed E-state index contributed by atoms with van der Waals surface area (Å²) in [5.74, 6) is 0. The molecule has 0 saturated carbocycles. The normalized spacial score (nSPS) is 27.8. The van der Waals surface area contributed by atoms with E-state index in [4.69, 9.17) is 4.74 Å². The number of likely N-dealkylation sites (N-methyl/N-ethyl adjacent to an activating group) is 1. The molecule has 0 N–H and O–H groups in total. The zero-order chi connectivity index (χ0) is 8.97. The lowest BCUT2D eigenvalue weighted by Gasteiger charge is -2.20. The highest BCUT2D eigenvalue weighted by Gasteiger charge is 2.21. The fraction of sp³-hybridized carbons (Fsp3) is 1.00. The van der Waals surface area contributed by atoms with Crippen LogP contribution in [-0.4, -0.2) is 36.6 Å². The topological polar surface area (TPSA) is 12.5 Å². The minimum atomic E-state index is 0.210. The number of rotatable bonds is 4.